The van der Waals surface area contributed by atoms with Gasteiger partial charge in [0.05, 0.1) is 18.9 Å². The number of nitrogens with one attached hydrogen (secondary N) is 3. The van der Waals surface area contributed by atoms with E-state index in [0.29, 0.717) is 43.4 Å². The minimum atomic E-state index is -0.347. The van der Waals surface area contributed by atoms with E-state index in [1.165, 1.54) is 0 Å². The fourth-order valence-electron chi connectivity index (χ4n) is 2.36. The average Bonchev–Trinajstić information content (AvgIpc) is 2.94. The van der Waals surface area contributed by atoms with E-state index < -0.39 is 0 Å². The van der Waals surface area contributed by atoms with Crippen LogP contribution in [0.3, 0.4) is 0 Å². The largest absolute Gasteiger partial charge is 0.494 e. The molecule has 126 valence electrons. The number of carbonyl (C=O) groups excluding carboxylic acids is 2. The van der Waals surface area contributed by atoms with Gasteiger partial charge < -0.3 is 25.4 Å². The number of rotatable bonds is 7. The fourth-order valence-corrected chi connectivity index (χ4v) is 2.36. The first-order valence-electron chi connectivity index (χ1n) is 7.86. The maximum Gasteiger partial charge on any atom is 0.319 e. The van der Waals surface area contributed by atoms with E-state index in [4.69, 9.17) is 9.47 Å². The zero-order valence-electron chi connectivity index (χ0n) is 13.5. The third-order valence-electron chi connectivity index (χ3n) is 3.40. The van der Waals surface area contributed by atoms with Crippen molar-refractivity contribution in [1.82, 2.24) is 10.6 Å². The lowest BCUT2D eigenvalue weighted by atomic mass is 10.2. The molecule has 1 aliphatic rings. The van der Waals surface area contributed by atoms with Crippen LogP contribution in [-0.2, 0) is 4.79 Å². The molecule has 2 rings (SSSR count). The number of hydrogen-bond donors (Lipinski definition) is 3. The predicted molar refractivity (Wildman–Crippen MR) is 87.0 cm³/mol. The number of urea groups is 1. The molecule has 1 fully saturated rings. The summed E-state index contributed by atoms with van der Waals surface area (Å²) in [6.07, 6.45) is 1.25. The summed E-state index contributed by atoms with van der Waals surface area (Å²) >= 11 is 0. The molecular formula is C16H23N3O4. The first-order valence-corrected chi connectivity index (χ1v) is 7.86. The zero-order valence-corrected chi connectivity index (χ0v) is 13.5. The van der Waals surface area contributed by atoms with Crippen molar-refractivity contribution in [1.29, 1.82) is 0 Å². The highest BCUT2D eigenvalue weighted by Gasteiger charge is 2.21. The van der Waals surface area contributed by atoms with Crippen LogP contribution < -0.4 is 25.4 Å². The molecule has 3 amide bonds. The molecule has 23 heavy (non-hydrogen) atoms. The molecule has 0 bridgehead atoms. The van der Waals surface area contributed by atoms with Crippen molar-refractivity contribution < 1.29 is 19.1 Å². The molecule has 1 heterocycles. The van der Waals surface area contributed by atoms with Gasteiger partial charge in [-0.05, 0) is 32.4 Å². The molecule has 0 saturated carbocycles. The van der Waals surface area contributed by atoms with Gasteiger partial charge in [-0.3, -0.25) is 4.79 Å². The minimum Gasteiger partial charge on any atom is -0.494 e. The lowest BCUT2D eigenvalue weighted by Gasteiger charge is -2.15. The van der Waals surface area contributed by atoms with E-state index in [-0.39, 0.29) is 18.0 Å². The van der Waals surface area contributed by atoms with E-state index >= 15 is 0 Å². The standard InChI is InChI=1S/C16H23N3O4/c1-3-22-12-6-7-14(23-4-2)13(9-12)19-16(21)17-10-11-5-8-15(20)18-11/h6-7,9,11H,3-5,8,10H2,1-2H3,(H,18,20)(H2,17,19,21)/t11-/m0/s1. The summed E-state index contributed by atoms with van der Waals surface area (Å²) in [5.74, 6) is 1.27. The van der Waals surface area contributed by atoms with Gasteiger partial charge in [-0.15, -0.1) is 0 Å². The number of anilines is 1. The monoisotopic (exact) mass is 321 g/mol. The van der Waals surface area contributed by atoms with Crippen LogP contribution in [0.1, 0.15) is 26.7 Å². The Balaban J connectivity index is 1.94. The maximum absolute atomic E-state index is 12.0. The second kappa shape index (κ2) is 8.26. The molecule has 7 nitrogen and oxygen atoms in total. The molecule has 1 aromatic rings. The Hall–Kier alpha value is -2.44. The summed E-state index contributed by atoms with van der Waals surface area (Å²) in [5.41, 5.74) is 0.547. The van der Waals surface area contributed by atoms with Crippen molar-refractivity contribution in [2.45, 2.75) is 32.7 Å². The van der Waals surface area contributed by atoms with Gasteiger partial charge >= 0.3 is 6.03 Å². The van der Waals surface area contributed by atoms with Gasteiger partial charge in [-0.1, -0.05) is 0 Å². The van der Waals surface area contributed by atoms with E-state index in [0.717, 1.165) is 6.42 Å². The summed E-state index contributed by atoms with van der Waals surface area (Å²) in [5, 5.41) is 8.32. The third-order valence-corrected chi connectivity index (χ3v) is 3.40. The average molecular weight is 321 g/mol. The van der Waals surface area contributed by atoms with Crippen LogP contribution in [0.25, 0.3) is 0 Å². The molecule has 3 N–H and O–H groups in total. The lowest BCUT2D eigenvalue weighted by Crippen LogP contribution is -2.40. The second-order valence-electron chi connectivity index (χ2n) is 5.16. The SMILES string of the molecule is CCOc1ccc(OCC)c(NC(=O)NC[C@@H]2CCC(=O)N2)c1. The summed E-state index contributed by atoms with van der Waals surface area (Å²) in [4.78, 5) is 23.2. The van der Waals surface area contributed by atoms with Crippen molar-refractivity contribution in [2.24, 2.45) is 0 Å². The highest BCUT2D eigenvalue weighted by Crippen LogP contribution is 2.29. The van der Waals surface area contributed by atoms with E-state index in [1.807, 2.05) is 13.8 Å². The molecule has 0 aromatic heterocycles. The number of ether oxygens (including phenoxy) is 2. The van der Waals surface area contributed by atoms with Gasteiger partial charge in [0, 0.05) is 25.1 Å². The fraction of sp³-hybridized carbons (Fsp3) is 0.500. The Bertz CT molecular complexity index is 562. The van der Waals surface area contributed by atoms with Gasteiger partial charge in [-0.2, -0.15) is 0 Å². The highest BCUT2D eigenvalue weighted by atomic mass is 16.5. The van der Waals surface area contributed by atoms with Crippen molar-refractivity contribution in [2.75, 3.05) is 25.1 Å². The molecular weight excluding hydrogens is 298 g/mol. The molecule has 0 radical (unpaired) electrons. The van der Waals surface area contributed by atoms with Gasteiger partial charge in [0.2, 0.25) is 5.91 Å². The van der Waals surface area contributed by atoms with Crippen molar-refractivity contribution in [3.63, 3.8) is 0 Å². The Kier molecular flexibility index (Phi) is 6.08. The number of amides is 3. The summed E-state index contributed by atoms with van der Waals surface area (Å²) in [7, 11) is 0. The van der Waals surface area contributed by atoms with Crippen LogP contribution in [0.15, 0.2) is 18.2 Å². The minimum absolute atomic E-state index is 0.00521. The van der Waals surface area contributed by atoms with Crippen molar-refractivity contribution in [3.05, 3.63) is 18.2 Å². The first kappa shape index (κ1) is 16.9. The number of hydrogen-bond acceptors (Lipinski definition) is 4. The second-order valence-corrected chi connectivity index (χ2v) is 5.16. The quantitative estimate of drug-likeness (QED) is 0.715. The van der Waals surface area contributed by atoms with E-state index in [2.05, 4.69) is 16.0 Å². The van der Waals surface area contributed by atoms with Gasteiger partial charge in [0.15, 0.2) is 0 Å². The Morgan fingerprint density at radius 2 is 2.09 bits per heavy atom. The molecule has 1 saturated heterocycles. The number of benzene rings is 1. The smallest absolute Gasteiger partial charge is 0.319 e. The van der Waals surface area contributed by atoms with E-state index in [9.17, 15) is 9.59 Å². The summed E-state index contributed by atoms with van der Waals surface area (Å²) < 4.78 is 10.9. The molecule has 0 aliphatic carbocycles. The maximum atomic E-state index is 12.0. The van der Waals surface area contributed by atoms with Crippen molar-refractivity contribution in [3.8, 4) is 11.5 Å². The first-order chi connectivity index (χ1) is 11.1. The predicted octanol–water partition coefficient (Wildman–Crippen LogP) is 1.88. The van der Waals surface area contributed by atoms with Crippen LogP contribution in [0.2, 0.25) is 0 Å². The molecule has 1 aromatic carbocycles. The van der Waals surface area contributed by atoms with Crippen molar-refractivity contribution >= 4 is 17.6 Å². The highest BCUT2D eigenvalue weighted by molar-refractivity contribution is 5.91. The Morgan fingerprint density at radius 3 is 2.74 bits per heavy atom. The van der Waals surface area contributed by atoms with Crippen LogP contribution in [0.5, 0.6) is 11.5 Å². The van der Waals surface area contributed by atoms with E-state index in [1.54, 1.807) is 18.2 Å². The summed E-state index contributed by atoms with van der Waals surface area (Å²) in [6, 6.07) is 4.94. The molecule has 1 atom stereocenters. The molecule has 0 spiro atoms. The van der Waals surface area contributed by atoms with Gasteiger partial charge in [0.25, 0.3) is 0 Å². The lowest BCUT2D eigenvalue weighted by molar-refractivity contribution is -0.119. The van der Waals surface area contributed by atoms with Crippen LogP contribution >= 0.6 is 0 Å². The Morgan fingerprint density at radius 1 is 1.30 bits per heavy atom. The third kappa shape index (κ3) is 5.05. The normalized spacial score (nSPS) is 16.6. The topological polar surface area (TPSA) is 88.7 Å². The van der Waals surface area contributed by atoms with Crippen LogP contribution in [-0.4, -0.2) is 37.7 Å². The Labute approximate surface area is 135 Å². The van der Waals surface area contributed by atoms with Crippen LogP contribution in [0.4, 0.5) is 10.5 Å². The zero-order chi connectivity index (χ0) is 16.7. The molecule has 0 unspecified atom stereocenters. The van der Waals surface area contributed by atoms with Crippen LogP contribution in [0, 0.1) is 0 Å². The summed E-state index contributed by atoms with van der Waals surface area (Å²) in [6.45, 7) is 5.21. The number of carbonyl (C=O) groups is 2. The van der Waals surface area contributed by atoms with Gasteiger partial charge in [0.1, 0.15) is 11.5 Å². The van der Waals surface area contributed by atoms with Gasteiger partial charge in [-0.25, -0.2) is 4.79 Å². The molecule has 1 aliphatic heterocycles. The molecule has 7 heteroatoms.